The summed E-state index contributed by atoms with van der Waals surface area (Å²) in [7, 11) is 1.73. The van der Waals surface area contributed by atoms with E-state index in [-0.39, 0.29) is 5.56 Å². The summed E-state index contributed by atoms with van der Waals surface area (Å²) in [6.07, 6.45) is 3.54. The SMILES string of the molecule is COCCC1(CNc2ccc(C(=O)O)c(Br)c2)CC1. The van der Waals surface area contributed by atoms with E-state index in [0.717, 1.165) is 25.3 Å². The Morgan fingerprint density at radius 2 is 2.26 bits per heavy atom. The second-order valence-electron chi connectivity index (χ2n) is 5.10. The zero-order valence-electron chi connectivity index (χ0n) is 10.9. The Balaban J connectivity index is 1.93. The number of benzene rings is 1. The van der Waals surface area contributed by atoms with Crippen molar-refractivity contribution >= 4 is 27.6 Å². The number of hydrogen-bond donors (Lipinski definition) is 2. The van der Waals surface area contributed by atoms with Gasteiger partial charge in [-0.15, -0.1) is 0 Å². The molecule has 0 unspecified atom stereocenters. The molecule has 19 heavy (non-hydrogen) atoms. The molecule has 0 radical (unpaired) electrons. The van der Waals surface area contributed by atoms with E-state index in [0.29, 0.717) is 9.89 Å². The highest BCUT2D eigenvalue weighted by Crippen LogP contribution is 2.48. The van der Waals surface area contributed by atoms with Gasteiger partial charge < -0.3 is 15.2 Å². The molecule has 2 N–H and O–H groups in total. The monoisotopic (exact) mass is 327 g/mol. The molecule has 5 heteroatoms. The maximum absolute atomic E-state index is 10.9. The second-order valence-corrected chi connectivity index (χ2v) is 5.95. The number of aromatic carboxylic acids is 1. The number of rotatable bonds is 7. The molecule has 0 amide bonds. The van der Waals surface area contributed by atoms with Crippen LogP contribution in [0.5, 0.6) is 0 Å². The van der Waals surface area contributed by atoms with Crippen molar-refractivity contribution in [1.29, 1.82) is 0 Å². The predicted octanol–water partition coefficient (Wildman–Crippen LogP) is 3.38. The lowest BCUT2D eigenvalue weighted by atomic mass is 10.0. The highest BCUT2D eigenvalue weighted by Gasteiger charge is 2.41. The molecule has 1 aliphatic rings. The average Bonchev–Trinajstić information content (AvgIpc) is 3.14. The van der Waals surface area contributed by atoms with Crippen molar-refractivity contribution in [2.75, 3.05) is 25.6 Å². The van der Waals surface area contributed by atoms with E-state index in [9.17, 15) is 4.79 Å². The first kappa shape index (κ1) is 14.3. The van der Waals surface area contributed by atoms with Crippen LogP contribution in [-0.4, -0.2) is 31.3 Å². The molecule has 2 rings (SSSR count). The summed E-state index contributed by atoms with van der Waals surface area (Å²) in [6, 6.07) is 5.24. The van der Waals surface area contributed by atoms with Gasteiger partial charge in [0.15, 0.2) is 0 Å². The first-order valence-corrected chi connectivity index (χ1v) is 7.11. The third-order valence-electron chi connectivity index (χ3n) is 3.66. The van der Waals surface area contributed by atoms with Crippen molar-refractivity contribution in [2.45, 2.75) is 19.3 Å². The van der Waals surface area contributed by atoms with Gasteiger partial charge in [0.05, 0.1) is 5.56 Å². The van der Waals surface area contributed by atoms with E-state index in [2.05, 4.69) is 21.2 Å². The van der Waals surface area contributed by atoms with Crippen molar-refractivity contribution < 1.29 is 14.6 Å². The van der Waals surface area contributed by atoms with Crippen LogP contribution in [0, 0.1) is 5.41 Å². The largest absolute Gasteiger partial charge is 0.478 e. The van der Waals surface area contributed by atoms with Gasteiger partial charge in [0.25, 0.3) is 0 Å². The molecule has 1 aliphatic carbocycles. The quantitative estimate of drug-likeness (QED) is 0.806. The number of carbonyl (C=O) groups is 1. The number of carboxylic acids is 1. The van der Waals surface area contributed by atoms with E-state index in [1.54, 1.807) is 19.2 Å². The van der Waals surface area contributed by atoms with Crippen molar-refractivity contribution in [2.24, 2.45) is 5.41 Å². The third-order valence-corrected chi connectivity index (χ3v) is 4.32. The highest BCUT2D eigenvalue weighted by atomic mass is 79.9. The number of methoxy groups -OCH3 is 1. The fourth-order valence-electron chi connectivity index (χ4n) is 2.10. The maximum Gasteiger partial charge on any atom is 0.336 e. The van der Waals surface area contributed by atoms with Gasteiger partial charge in [0.2, 0.25) is 0 Å². The van der Waals surface area contributed by atoms with Crippen LogP contribution in [-0.2, 0) is 4.74 Å². The molecule has 0 spiro atoms. The number of carboxylic acid groups (broad SMARTS) is 1. The van der Waals surface area contributed by atoms with Crippen LogP contribution in [0.2, 0.25) is 0 Å². The summed E-state index contributed by atoms with van der Waals surface area (Å²) in [6.45, 7) is 1.71. The fourth-order valence-corrected chi connectivity index (χ4v) is 2.65. The molecule has 1 fully saturated rings. The number of nitrogens with one attached hydrogen (secondary N) is 1. The molecular formula is C14H18BrNO3. The summed E-state index contributed by atoms with van der Waals surface area (Å²) < 4.78 is 5.73. The Kier molecular flexibility index (Phi) is 4.47. The fraction of sp³-hybridized carbons (Fsp3) is 0.500. The summed E-state index contributed by atoms with van der Waals surface area (Å²) in [4.78, 5) is 10.9. The van der Waals surface area contributed by atoms with Gasteiger partial charge in [0.1, 0.15) is 0 Å². The maximum atomic E-state index is 10.9. The summed E-state index contributed by atoms with van der Waals surface area (Å²) in [5, 5.41) is 12.3. The van der Waals surface area contributed by atoms with Crippen LogP contribution in [0.25, 0.3) is 0 Å². The predicted molar refractivity (Wildman–Crippen MR) is 77.8 cm³/mol. The molecule has 4 nitrogen and oxygen atoms in total. The van der Waals surface area contributed by atoms with Crippen LogP contribution in [0.4, 0.5) is 5.69 Å². The Hall–Kier alpha value is -1.07. The van der Waals surface area contributed by atoms with Crippen molar-refractivity contribution in [3.63, 3.8) is 0 Å². The van der Waals surface area contributed by atoms with E-state index < -0.39 is 5.97 Å². The highest BCUT2D eigenvalue weighted by molar-refractivity contribution is 9.10. The standard InChI is InChI=1S/C14H18BrNO3/c1-19-7-6-14(4-5-14)9-16-10-2-3-11(13(17)18)12(15)8-10/h2-3,8,16H,4-7,9H2,1H3,(H,17,18). The molecule has 0 saturated heterocycles. The number of anilines is 1. The Labute approximate surface area is 121 Å². The number of ether oxygens (including phenoxy) is 1. The first-order valence-electron chi connectivity index (χ1n) is 6.32. The molecule has 0 aromatic heterocycles. The zero-order chi connectivity index (χ0) is 13.9. The van der Waals surface area contributed by atoms with Gasteiger partial charge in [0, 0.05) is 30.4 Å². The van der Waals surface area contributed by atoms with Crippen LogP contribution < -0.4 is 5.32 Å². The molecule has 1 aromatic rings. The summed E-state index contributed by atoms with van der Waals surface area (Å²) in [5.74, 6) is -0.919. The van der Waals surface area contributed by atoms with Crippen molar-refractivity contribution in [1.82, 2.24) is 0 Å². The van der Waals surface area contributed by atoms with Crippen molar-refractivity contribution in [3.8, 4) is 0 Å². The van der Waals surface area contributed by atoms with E-state index in [4.69, 9.17) is 9.84 Å². The normalized spacial score (nSPS) is 16.1. The summed E-state index contributed by atoms with van der Waals surface area (Å²) in [5.41, 5.74) is 1.60. The van der Waals surface area contributed by atoms with E-state index in [1.165, 1.54) is 12.8 Å². The third kappa shape index (κ3) is 3.70. The Bertz CT molecular complexity index is 472. The van der Waals surface area contributed by atoms with Gasteiger partial charge in [-0.3, -0.25) is 0 Å². The minimum atomic E-state index is -0.919. The molecule has 104 valence electrons. The molecule has 1 aromatic carbocycles. The zero-order valence-corrected chi connectivity index (χ0v) is 12.5. The lowest BCUT2D eigenvalue weighted by molar-refractivity contribution is 0.0696. The van der Waals surface area contributed by atoms with E-state index >= 15 is 0 Å². The lowest BCUT2D eigenvalue weighted by Gasteiger charge is -2.16. The minimum Gasteiger partial charge on any atom is -0.478 e. The van der Waals surface area contributed by atoms with Gasteiger partial charge in [-0.2, -0.15) is 0 Å². The molecule has 0 aliphatic heterocycles. The summed E-state index contributed by atoms with van der Waals surface area (Å²) >= 11 is 3.28. The van der Waals surface area contributed by atoms with Crippen LogP contribution in [0.15, 0.2) is 22.7 Å². The van der Waals surface area contributed by atoms with Crippen molar-refractivity contribution in [3.05, 3.63) is 28.2 Å². The lowest BCUT2D eigenvalue weighted by Crippen LogP contribution is -2.17. The number of halogens is 1. The minimum absolute atomic E-state index is 0.283. The topological polar surface area (TPSA) is 58.6 Å². The molecule has 0 atom stereocenters. The Morgan fingerprint density at radius 1 is 1.53 bits per heavy atom. The molecule has 0 bridgehead atoms. The molecule has 1 saturated carbocycles. The first-order chi connectivity index (χ1) is 9.06. The van der Waals surface area contributed by atoms with Crippen LogP contribution in [0.1, 0.15) is 29.6 Å². The molecular weight excluding hydrogens is 310 g/mol. The second kappa shape index (κ2) is 5.92. The smallest absolute Gasteiger partial charge is 0.336 e. The van der Waals surface area contributed by atoms with Gasteiger partial charge >= 0.3 is 5.97 Å². The molecule has 0 heterocycles. The average molecular weight is 328 g/mol. The van der Waals surface area contributed by atoms with Crippen LogP contribution in [0.3, 0.4) is 0 Å². The van der Waals surface area contributed by atoms with Gasteiger partial charge in [-0.25, -0.2) is 4.79 Å². The van der Waals surface area contributed by atoms with Gasteiger partial charge in [-0.1, -0.05) is 0 Å². The van der Waals surface area contributed by atoms with E-state index in [1.807, 2.05) is 6.07 Å². The van der Waals surface area contributed by atoms with Crippen LogP contribution >= 0.6 is 15.9 Å². The number of hydrogen-bond acceptors (Lipinski definition) is 3. The van der Waals surface area contributed by atoms with Gasteiger partial charge in [-0.05, 0) is 58.8 Å². The Morgan fingerprint density at radius 3 is 2.79 bits per heavy atom.